The molecule has 0 saturated carbocycles. The van der Waals surface area contributed by atoms with Gasteiger partial charge in [0, 0.05) is 50.3 Å². The molecule has 1 atom stereocenters. The van der Waals surface area contributed by atoms with Gasteiger partial charge in [-0.2, -0.15) is 4.98 Å². The maximum atomic E-state index is 12.9. The topological polar surface area (TPSA) is 119 Å². The van der Waals surface area contributed by atoms with E-state index in [1.54, 1.807) is 6.08 Å². The zero-order chi connectivity index (χ0) is 29.4. The molecule has 2 aromatic heterocycles. The van der Waals surface area contributed by atoms with Gasteiger partial charge < -0.3 is 30.9 Å². The predicted octanol–water partition coefficient (Wildman–Crippen LogP) is 4.60. The fourth-order valence-electron chi connectivity index (χ4n) is 5.00. The molecular formula is C31H42N8O2. The molecule has 41 heavy (non-hydrogen) atoms. The van der Waals surface area contributed by atoms with Crippen molar-refractivity contribution in [3.05, 3.63) is 72.1 Å². The number of carbonyl (C=O) groups is 1. The van der Waals surface area contributed by atoms with Gasteiger partial charge >= 0.3 is 0 Å². The van der Waals surface area contributed by atoms with Crippen LogP contribution in [0.25, 0.3) is 0 Å². The van der Waals surface area contributed by atoms with E-state index in [2.05, 4.69) is 61.5 Å². The fourth-order valence-corrected chi connectivity index (χ4v) is 5.00. The van der Waals surface area contributed by atoms with Gasteiger partial charge in [0.1, 0.15) is 22.8 Å². The minimum absolute atomic E-state index is 0.279. The molecule has 5 rings (SSSR count). The van der Waals surface area contributed by atoms with Gasteiger partial charge in [-0.3, -0.25) is 4.79 Å². The average molecular weight is 559 g/mol. The number of aryl methyl sites for hydroxylation is 1. The predicted molar refractivity (Wildman–Crippen MR) is 165 cm³/mol. The summed E-state index contributed by atoms with van der Waals surface area (Å²) >= 11 is 0. The lowest BCUT2D eigenvalue weighted by Crippen LogP contribution is -2.44. The highest BCUT2D eigenvalue weighted by molar-refractivity contribution is 5.99. The number of rotatable bonds is 9. The number of fused-ring (bicyclic) bond motifs is 1. The van der Waals surface area contributed by atoms with Crippen LogP contribution < -0.4 is 20.9 Å². The number of hydrogen-bond acceptors (Lipinski definition) is 9. The standard InChI is InChI=1S/C29H36N8O2.C2H6/c1-4-14-30-27(38)23-19-31-28(32-21-7-9-22(10-8-21)37-17-15-36(3)16-18-37)35-26(23)34-24-11-6-20-12-13-29(39,5-2)25(20)33-24;1-2/h4,6-11,19,39H,1,5,12-18H2,2-3H3,(H,30,38)(H2,31,32,33,34,35);1-2H3. The first-order valence-corrected chi connectivity index (χ1v) is 14.4. The fraction of sp³-hybridized carbons (Fsp3) is 0.419. The van der Waals surface area contributed by atoms with Crippen LogP contribution in [0.1, 0.15) is 55.2 Å². The third kappa shape index (κ3) is 7.01. The molecule has 1 saturated heterocycles. The summed E-state index contributed by atoms with van der Waals surface area (Å²) in [7, 11) is 2.15. The molecular weight excluding hydrogens is 516 g/mol. The highest BCUT2D eigenvalue weighted by Crippen LogP contribution is 2.39. The molecule has 218 valence electrons. The van der Waals surface area contributed by atoms with Crippen molar-refractivity contribution in [2.75, 3.05) is 55.3 Å². The Hall–Kier alpha value is -4.02. The summed E-state index contributed by atoms with van der Waals surface area (Å²) in [6, 6.07) is 12.0. The molecule has 1 aliphatic heterocycles. The first kappa shape index (κ1) is 30.0. The van der Waals surface area contributed by atoms with Crippen molar-refractivity contribution in [3.8, 4) is 0 Å². The van der Waals surface area contributed by atoms with Crippen molar-refractivity contribution in [3.63, 3.8) is 0 Å². The Labute approximate surface area is 242 Å². The molecule has 2 aliphatic rings. The number of aliphatic hydroxyl groups is 1. The first-order chi connectivity index (χ1) is 19.9. The average Bonchev–Trinajstić information content (AvgIpc) is 3.34. The minimum Gasteiger partial charge on any atom is -0.384 e. The van der Waals surface area contributed by atoms with Gasteiger partial charge in [0.2, 0.25) is 5.95 Å². The number of likely N-dealkylation sites (N-methyl/N-ethyl adjacent to an activating group) is 1. The molecule has 3 aromatic rings. The Morgan fingerprint density at radius 2 is 1.80 bits per heavy atom. The molecule has 4 N–H and O–H groups in total. The van der Waals surface area contributed by atoms with E-state index in [1.807, 2.05) is 45.0 Å². The third-order valence-electron chi connectivity index (χ3n) is 7.49. The third-order valence-corrected chi connectivity index (χ3v) is 7.49. The van der Waals surface area contributed by atoms with E-state index in [-0.39, 0.29) is 11.5 Å². The SMILES string of the molecule is C=CCNC(=O)c1cnc(Nc2ccc(N3CCN(C)CC3)cc2)nc1Nc1ccc2c(n1)C(O)(CC)CC2.CC. The summed E-state index contributed by atoms with van der Waals surface area (Å²) in [6.45, 7) is 14.0. The van der Waals surface area contributed by atoms with E-state index in [4.69, 9.17) is 4.98 Å². The van der Waals surface area contributed by atoms with Crippen molar-refractivity contribution < 1.29 is 9.90 Å². The van der Waals surface area contributed by atoms with Gasteiger partial charge in [0.15, 0.2) is 0 Å². The molecule has 10 nitrogen and oxygen atoms in total. The summed E-state index contributed by atoms with van der Waals surface area (Å²) in [5, 5.41) is 20.2. The molecule has 1 unspecified atom stereocenters. The number of aromatic nitrogens is 3. The van der Waals surface area contributed by atoms with Gasteiger partial charge in [-0.25, -0.2) is 9.97 Å². The van der Waals surface area contributed by atoms with Crippen LogP contribution in [0.5, 0.6) is 0 Å². The van der Waals surface area contributed by atoms with E-state index in [0.717, 1.165) is 43.9 Å². The lowest BCUT2D eigenvalue weighted by molar-refractivity contribution is 0.0307. The van der Waals surface area contributed by atoms with Crippen LogP contribution in [0.3, 0.4) is 0 Å². The summed E-state index contributed by atoms with van der Waals surface area (Å²) in [6.07, 6.45) is 5.13. The zero-order valence-corrected chi connectivity index (χ0v) is 24.6. The molecule has 1 aliphatic carbocycles. The lowest BCUT2D eigenvalue weighted by atomic mass is 9.98. The smallest absolute Gasteiger partial charge is 0.256 e. The van der Waals surface area contributed by atoms with Crippen LogP contribution >= 0.6 is 0 Å². The Bertz CT molecular complexity index is 1340. The minimum atomic E-state index is -0.939. The Morgan fingerprint density at radius 1 is 1.07 bits per heavy atom. The van der Waals surface area contributed by atoms with Crippen LogP contribution in [-0.4, -0.2) is 70.6 Å². The second-order valence-corrected chi connectivity index (χ2v) is 10.1. The number of carbonyl (C=O) groups excluding carboxylic acids is 1. The molecule has 0 bridgehead atoms. The van der Waals surface area contributed by atoms with Gasteiger partial charge in [0.25, 0.3) is 5.91 Å². The van der Waals surface area contributed by atoms with Crippen molar-refractivity contribution in [1.29, 1.82) is 0 Å². The summed E-state index contributed by atoms with van der Waals surface area (Å²) < 4.78 is 0. The summed E-state index contributed by atoms with van der Waals surface area (Å²) in [5.74, 6) is 0.832. The summed E-state index contributed by atoms with van der Waals surface area (Å²) in [5.41, 5.74) is 3.08. The van der Waals surface area contributed by atoms with Crippen molar-refractivity contribution in [1.82, 2.24) is 25.2 Å². The largest absolute Gasteiger partial charge is 0.384 e. The maximum Gasteiger partial charge on any atom is 0.256 e. The molecule has 0 radical (unpaired) electrons. The quantitative estimate of drug-likeness (QED) is 0.280. The zero-order valence-electron chi connectivity index (χ0n) is 24.6. The van der Waals surface area contributed by atoms with E-state index >= 15 is 0 Å². The number of pyridine rings is 1. The van der Waals surface area contributed by atoms with Crippen LogP contribution in [-0.2, 0) is 12.0 Å². The van der Waals surface area contributed by atoms with Gasteiger partial charge in [0.05, 0.1) is 5.69 Å². The molecule has 10 heteroatoms. The number of benzene rings is 1. The van der Waals surface area contributed by atoms with E-state index in [9.17, 15) is 9.90 Å². The van der Waals surface area contributed by atoms with Crippen molar-refractivity contribution in [2.45, 2.75) is 45.6 Å². The highest BCUT2D eigenvalue weighted by Gasteiger charge is 2.36. The number of nitrogens with zero attached hydrogens (tertiary/aromatic N) is 5. The van der Waals surface area contributed by atoms with E-state index < -0.39 is 5.60 Å². The number of amides is 1. The second kappa shape index (κ2) is 13.6. The molecule has 1 aromatic carbocycles. The Balaban J connectivity index is 0.00000189. The number of nitrogens with one attached hydrogen (secondary N) is 3. The molecule has 0 spiro atoms. The monoisotopic (exact) mass is 558 g/mol. The lowest BCUT2D eigenvalue weighted by Gasteiger charge is -2.34. The van der Waals surface area contributed by atoms with Gasteiger partial charge in [-0.1, -0.05) is 32.9 Å². The highest BCUT2D eigenvalue weighted by atomic mass is 16.3. The van der Waals surface area contributed by atoms with E-state index in [1.165, 1.54) is 11.9 Å². The normalized spacial score (nSPS) is 18.1. The van der Waals surface area contributed by atoms with Crippen LogP contribution in [0.2, 0.25) is 0 Å². The van der Waals surface area contributed by atoms with Crippen LogP contribution in [0.15, 0.2) is 55.3 Å². The van der Waals surface area contributed by atoms with E-state index in [0.29, 0.717) is 42.7 Å². The number of anilines is 5. The molecule has 1 amide bonds. The maximum absolute atomic E-state index is 12.9. The first-order valence-electron chi connectivity index (χ1n) is 14.4. The second-order valence-electron chi connectivity index (χ2n) is 10.1. The van der Waals surface area contributed by atoms with Crippen molar-refractivity contribution >= 4 is 34.9 Å². The van der Waals surface area contributed by atoms with Gasteiger partial charge in [-0.05, 0) is 62.2 Å². The molecule has 3 heterocycles. The van der Waals surface area contributed by atoms with Crippen LogP contribution in [0, 0.1) is 0 Å². The molecule has 1 fully saturated rings. The Morgan fingerprint density at radius 3 is 2.49 bits per heavy atom. The van der Waals surface area contributed by atoms with Crippen molar-refractivity contribution in [2.24, 2.45) is 0 Å². The van der Waals surface area contributed by atoms with Crippen LogP contribution in [0.4, 0.5) is 29.0 Å². The summed E-state index contributed by atoms with van der Waals surface area (Å²) in [4.78, 5) is 31.3. The Kier molecular flexibility index (Phi) is 9.91. The number of hydrogen-bond donors (Lipinski definition) is 4. The number of piperazine rings is 1. The van der Waals surface area contributed by atoms with Gasteiger partial charge in [-0.15, -0.1) is 6.58 Å².